The summed E-state index contributed by atoms with van der Waals surface area (Å²) in [5.41, 5.74) is 5.05. The molecule has 0 saturated heterocycles. The molecule has 0 aliphatic rings. The number of amides is 1. The van der Waals surface area contributed by atoms with Crippen LogP contribution in [0, 0.1) is 0 Å². The van der Waals surface area contributed by atoms with Crippen LogP contribution >= 0.6 is 0 Å². The molecule has 0 spiro atoms. The third-order valence-corrected chi connectivity index (χ3v) is 11.8. The first kappa shape index (κ1) is 70.3. The standard InChI is InChI=1S/C30H59NO6.C25H51NO4.CH4/c1-6-8-10-12-13-14-15-17-19-21-28(33)36-27(20-18-16-11-9-7-2)22-23-35-25-26(24-32)31-29(34)37-30(3,4)5;1-3-5-7-9-10-11-12-14-16-18-25(28)30-24(17-15-13-8-6-4-2)19-20-29-22-23(26)21-27;/h26-27,32H,6-25H2,1-5H3,(H,31,34);23-24,27H,3-22,26H2,1-2H3;1H4/t26-,27+;23-,24+;/m00./s1. The number of rotatable bonds is 47. The Morgan fingerprint density at radius 1 is 0.485 bits per heavy atom. The van der Waals surface area contributed by atoms with Crippen LogP contribution in [0.2, 0.25) is 0 Å². The van der Waals surface area contributed by atoms with E-state index in [4.69, 9.17) is 34.5 Å². The number of esters is 2. The minimum atomic E-state index is -0.604. The second kappa shape index (κ2) is 52.8. The minimum Gasteiger partial charge on any atom is -0.462 e. The number of unbranched alkanes of at least 4 members (excludes halogenated alkanes) is 24. The Bertz CT molecular complexity index is 1070. The SMILES string of the molecule is C.CCCCCCCCCCCC(=O)O[C@H](CCCCCCC)CCOC[C@@H](N)CO.CCCCCCCCCCCC(=O)O[C@H](CCCCCCC)CCOC[C@H](CO)NC(=O)OC(C)(C)C. The van der Waals surface area contributed by atoms with E-state index in [0.717, 1.165) is 57.8 Å². The summed E-state index contributed by atoms with van der Waals surface area (Å²) in [7, 11) is 0. The monoisotopic (exact) mass is 975 g/mol. The molecular formula is C56H114N2O10. The number of nitrogens with two attached hydrogens (primary N) is 1. The van der Waals surface area contributed by atoms with E-state index in [1.807, 2.05) is 0 Å². The van der Waals surface area contributed by atoms with Crippen molar-refractivity contribution in [3.8, 4) is 0 Å². The molecule has 0 rings (SSSR count). The predicted octanol–water partition coefficient (Wildman–Crippen LogP) is 14.0. The number of nitrogens with one attached hydrogen (secondary N) is 1. The molecule has 0 bridgehead atoms. The fourth-order valence-electron chi connectivity index (χ4n) is 7.68. The van der Waals surface area contributed by atoms with Gasteiger partial charge in [-0.2, -0.15) is 0 Å². The predicted molar refractivity (Wildman–Crippen MR) is 283 cm³/mol. The summed E-state index contributed by atoms with van der Waals surface area (Å²) in [6, 6.07) is -0.886. The molecule has 0 aromatic heterocycles. The van der Waals surface area contributed by atoms with Crippen LogP contribution in [-0.4, -0.2) is 97.8 Å². The molecule has 5 N–H and O–H groups in total. The average molecular weight is 976 g/mol. The first-order valence-electron chi connectivity index (χ1n) is 27.9. The first-order chi connectivity index (χ1) is 32.3. The van der Waals surface area contributed by atoms with E-state index >= 15 is 0 Å². The fourth-order valence-corrected chi connectivity index (χ4v) is 7.68. The van der Waals surface area contributed by atoms with Crippen molar-refractivity contribution in [1.82, 2.24) is 5.32 Å². The lowest BCUT2D eigenvalue weighted by Crippen LogP contribution is -2.43. The van der Waals surface area contributed by atoms with Crippen LogP contribution in [0.5, 0.6) is 0 Å². The molecular weight excluding hydrogens is 861 g/mol. The van der Waals surface area contributed by atoms with Gasteiger partial charge >= 0.3 is 18.0 Å². The molecule has 68 heavy (non-hydrogen) atoms. The Kier molecular flexibility index (Phi) is 54.6. The van der Waals surface area contributed by atoms with E-state index in [-0.39, 0.29) is 57.4 Å². The van der Waals surface area contributed by atoms with Crippen LogP contribution in [0.4, 0.5) is 4.79 Å². The molecule has 0 aliphatic heterocycles. The summed E-state index contributed by atoms with van der Waals surface area (Å²) >= 11 is 0. The Balaban J connectivity index is -0.00000125. The van der Waals surface area contributed by atoms with E-state index < -0.39 is 17.7 Å². The van der Waals surface area contributed by atoms with Crippen LogP contribution in [0.3, 0.4) is 0 Å². The summed E-state index contributed by atoms with van der Waals surface area (Å²) < 4.78 is 28.1. The lowest BCUT2D eigenvalue weighted by Gasteiger charge is -2.23. The van der Waals surface area contributed by atoms with Crippen LogP contribution in [0.15, 0.2) is 0 Å². The first-order valence-corrected chi connectivity index (χ1v) is 27.9. The van der Waals surface area contributed by atoms with Crippen molar-refractivity contribution in [2.45, 2.75) is 304 Å². The van der Waals surface area contributed by atoms with Crippen LogP contribution in [-0.2, 0) is 33.3 Å². The van der Waals surface area contributed by atoms with Crippen molar-refractivity contribution in [2.75, 3.05) is 39.6 Å². The highest BCUT2D eigenvalue weighted by Gasteiger charge is 2.20. The molecule has 0 radical (unpaired) electrons. The zero-order valence-corrected chi connectivity index (χ0v) is 44.8. The summed E-state index contributed by atoms with van der Waals surface area (Å²) in [6.45, 7) is 15.4. The van der Waals surface area contributed by atoms with Gasteiger partial charge in [-0.05, 0) is 59.3 Å². The van der Waals surface area contributed by atoms with Crippen LogP contribution in [0.25, 0.3) is 0 Å². The lowest BCUT2D eigenvalue weighted by atomic mass is 10.1. The Morgan fingerprint density at radius 2 is 0.824 bits per heavy atom. The van der Waals surface area contributed by atoms with Crippen LogP contribution < -0.4 is 11.1 Å². The summed E-state index contributed by atoms with van der Waals surface area (Å²) in [5.74, 6) is -0.176. The van der Waals surface area contributed by atoms with Gasteiger partial charge in [-0.3, -0.25) is 9.59 Å². The van der Waals surface area contributed by atoms with Crippen LogP contribution in [0.1, 0.15) is 274 Å². The highest BCUT2D eigenvalue weighted by molar-refractivity contribution is 5.70. The fraction of sp³-hybridized carbons (Fsp3) is 0.946. The number of aliphatic hydroxyl groups excluding tert-OH is 2. The highest BCUT2D eigenvalue weighted by atomic mass is 16.6. The molecule has 0 fully saturated rings. The molecule has 12 nitrogen and oxygen atoms in total. The molecule has 408 valence electrons. The van der Waals surface area contributed by atoms with E-state index in [0.29, 0.717) is 45.5 Å². The van der Waals surface area contributed by atoms with Gasteiger partial charge in [-0.1, -0.05) is 189 Å². The zero-order chi connectivity index (χ0) is 50.1. The molecule has 12 heteroatoms. The van der Waals surface area contributed by atoms with E-state index in [1.54, 1.807) is 20.8 Å². The van der Waals surface area contributed by atoms with Crippen molar-refractivity contribution in [3.63, 3.8) is 0 Å². The molecule has 0 saturated carbocycles. The van der Waals surface area contributed by atoms with E-state index in [9.17, 15) is 19.5 Å². The number of hydrogen-bond donors (Lipinski definition) is 4. The molecule has 0 aromatic rings. The van der Waals surface area contributed by atoms with Crippen molar-refractivity contribution < 1.29 is 48.3 Å². The smallest absolute Gasteiger partial charge is 0.408 e. The number of hydrogen-bond acceptors (Lipinski definition) is 11. The second-order valence-electron chi connectivity index (χ2n) is 20.0. The maximum absolute atomic E-state index is 12.5. The maximum Gasteiger partial charge on any atom is 0.408 e. The van der Waals surface area contributed by atoms with Gasteiger partial charge in [0.25, 0.3) is 0 Å². The quantitative estimate of drug-likeness (QED) is 0.0259. The van der Waals surface area contributed by atoms with Gasteiger partial charge in [-0.15, -0.1) is 0 Å². The van der Waals surface area contributed by atoms with Gasteiger partial charge in [0, 0.05) is 25.7 Å². The lowest BCUT2D eigenvalue weighted by molar-refractivity contribution is -0.151. The van der Waals surface area contributed by atoms with Gasteiger partial charge < -0.3 is 44.9 Å². The van der Waals surface area contributed by atoms with Gasteiger partial charge in [0.1, 0.15) is 17.8 Å². The number of carbonyl (C=O) groups is 3. The average Bonchev–Trinajstić information content (AvgIpc) is 3.29. The third-order valence-electron chi connectivity index (χ3n) is 11.8. The largest absolute Gasteiger partial charge is 0.462 e. The second-order valence-corrected chi connectivity index (χ2v) is 20.0. The molecule has 1 amide bonds. The van der Waals surface area contributed by atoms with Crippen molar-refractivity contribution in [2.24, 2.45) is 5.73 Å². The molecule has 0 aliphatic carbocycles. The summed E-state index contributed by atoms with van der Waals surface area (Å²) in [6.07, 6.45) is 37.4. The molecule has 0 heterocycles. The topological polar surface area (TPSA) is 176 Å². The third kappa shape index (κ3) is 53.4. The number of aliphatic hydroxyl groups is 2. The van der Waals surface area contributed by atoms with Gasteiger partial charge in [0.2, 0.25) is 0 Å². The minimum absolute atomic E-state index is 0. The van der Waals surface area contributed by atoms with Gasteiger partial charge in [-0.25, -0.2) is 4.79 Å². The van der Waals surface area contributed by atoms with Crippen molar-refractivity contribution >= 4 is 18.0 Å². The Hall–Kier alpha value is -1.99. The highest BCUT2D eigenvalue weighted by Crippen LogP contribution is 2.18. The Morgan fingerprint density at radius 3 is 1.16 bits per heavy atom. The summed E-state index contributed by atoms with van der Waals surface area (Å²) in [5, 5.41) is 21.1. The molecule has 0 unspecified atom stereocenters. The summed E-state index contributed by atoms with van der Waals surface area (Å²) in [4.78, 5) is 36.7. The number of alkyl carbamates (subject to hydrolysis) is 1. The van der Waals surface area contributed by atoms with Crippen molar-refractivity contribution in [3.05, 3.63) is 0 Å². The molecule has 0 aromatic carbocycles. The number of ether oxygens (including phenoxy) is 5. The normalized spacial score (nSPS) is 13.1. The van der Waals surface area contributed by atoms with E-state index in [1.165, 1.54) is 135 Å². The van der Waals surface area contributed by atoms with Gasteiger partial charge in [0.15, 0.2) is 0 Å². The maximum atomic E-state index is 12.5. The van der Waals surface area contributed by atoms with Gasteiger partial charge in [0.05, 0.1) is 51.7 Å². The molecule has 4 atom stereocenters. The number of carbonyl (C=O) groups excluding carboxylic acids is 3. The Labute approximate surface area is 419 Å². The van der Waals surface area contributed by atoms with E-state index in [2.05, 4.69) is 33.0 Å². The van der Waals surface area contributed by atoms with Crippen molar-refractivity contribution in [1.29, 1.82) is 0 Å². The zero-order valence-electron chi connectivity index (χ0n) is 44.8.